The van der Waals surface area contributed by atoms with E-state index in [2.05, 4.69) is 239 Å². The number of likely N-dealkylation sites (N-methyl/N-ethyl adjacent to an activating group) is 4. The molecule has 7 aromatic heterocycles. The Bertz CT molecular complexity index is 3700. The fourth-order valence-corrected chi connectivity index (χ4v) is 14.4. The topological polar surface area (TPSA) is 71.3 Å². The first-order valence-corrected chi connectivity index (χ1v) is 32.1. The van der Waals surface area contributed by atoms with Gasteiger partial charge in [0.1, 0.15) is 0 Å². The molecule has 16 rings (SSSR count). The Morgan fingerprint density at radius 1 is 0.307 bits per heavy atom. The number of benzene rings is 5. The fraction of sp³-hybridized carbons (Fsp3) is 0.312. The molecule has 0 aliphatic carbocycles. The van der Waals surface area contributed by atoms with Crippen LogP contribution in [0.15, 0.2) is 201 Å². The van der Waals surface area contributed by atoms with E-state index in [1.165, 1.54) is 105 Å². The highest BCUT2D eigenvalue weighted by molar-refractivity contribution is 5.88. The molecule has 11 nitrogen and oxygen atoms in total. The maximum atomic E-state index is 4.46. The van der Waals surface area contributed by atoms with Crippen LogP contribution >= 0.6 is 0 Å². The van der Waals surface area contributed by atoms with Crippen LogP contribution in [-0.4, -0.2) is 107 Å². The van der Waals surface area contributed by atoms with E-state index in [-0.39, 0.29) is 0 Å². The minimum Gasteiger partial charge on any atom is -0.344 e. The molecule has 0 spiro atoms. The summed E-state index contributed by atoms with van der Waals surface area (Å²) in [4.78, 5) is 22.5. The van der Waals surface area contributed by atoms with Crippen LogP contribution in [0.2, 0.25) is 0 Å². The summed E-state index contributed by atoms with van der Waals surface area (Å²) in [5.41, 5.74) is 23.0. The number of aromatic nitrogens is 7. The third kappa shape index (κ3) is 12.9. The van der Waals surface area contributed by atoms with Gasteiger partial charge in [0, 0.05) is 214 Å². The van der Waals surface area contributed by atoms with Crippen molar-refractivity contribution >= 4 is 43.6 Å². The van der Waals surface area contributed by atoms with Crippen molar-refractivity contribution in [3.05, 3.63) is 268 Å². The number of pyridine rings is 3. The molecular weight excluding hydrogens is 1080 g/mol. The van der Waals surface area contributed by atoms with Gasteiger partial charge in [-0.2, -0.15) is 0 Å². The normalized spacial score (nSPS) is 15.1. The molecule has 0 amide bonds. The quantitative estimate of drug-likeness (QED) is 0.121. The predicted molar refractivity (Wildman–Crippen MR) is 362 cm³/mol. The van der Waals surface area contributed by atoms with Gasteiger partial charge in [-0.1, -0.05) is 115 Å². The van der Waals surface area contributed by atoms with Crippen molar-refractivity contribution in [2.45, 2.75) is 104 Å². The largest absolute Gasteiger partial charge is 0.344 e. The zero-order chi connectivity index (χ0) is 59.8. The third-order valence-electron chi connectivity index (χ3n) is 18.9. The molecule has 0 N–H and O–H groups in total. The van der Waals surface area contributed by atoms with Gasteiger partial charge in [0.15, 0.2) is 0 Å². The van der Waals surface area contributed by atoms with Crippen molar-refractivity contribution in [3.63, 3.8) is 0 Å². The summed E-state index contributed by atoms with van der Waals surface area (Å²) in [7, 11) is 8.86. The molecule has 0 saturated heterocycles. The van der Waals surface area contributed by atoms with Crippen molar-refractivity contribution in [2.75, 3.05) is 54.4 Å². The minimum atomic E-state index is 0.988. The second kappa shape index (κ2) is 27.3. The zero-order valence-corrected chi connectivity index (χ0v) is 52.1. The van der Waals surface area contributed by atoms with Crippen molar-refractivity contribution in [1.29, 1.82) is 0 Å². The van der Waals surface area contributed by atoms with Crippen molar-refractivity contribution < 1.29 is 0 Å². The molecule has 0 fully saturated rings. The van der Waals surface area contributed by atoms with E-state index in [1.807, 2.05) is 43.1 Å². The van der Waals surface area contributed by atoms with Crippen molar-refractivity contribution in [2.24, 2.45) is 0 Å². The standard InChI is InChI=1S/C20H22N2.3C19H21N3/c1-21-13-12-20-18(15-21)17-9-5-6-10-19(17)22(20)14-11-16-7-3-2-4-8-16;1-21-12-10-19-17(14-21)16-7-2-3-8-18(16)22(19)13-9-15-6-4-5-11-20-15;1-21-11-9-19-17(14-21)16-6-2-3-7-18(16)22(19)12-8-15-5-4-10-20-13-15;1-21-12-9-19-17(14-21)16-4-2-3-5-18(16)22(19)13-8-15-6-10-20-11-7-15/h2-10H,11-15H2,1H3;2-8,11H,9-10,12-14H2,1H3;2-7,10,13H,8-9,11-12,14H2,1H3;2-7,10-11H,8-9,12-14H2,1H3. The summed E-state index contributed by atoms with van der Waals surface area (Å²) in [5, 5.41) is 5.72. The molecule has 4 aliphatic rings. The molecule has 12 aromatic rings. The van der Waals surface area contributed by atoms with Gasteiger partial charge in [0.2, 0.25) is 0 Å². The van der Waals surface area contributed by atoms with Crippen LogP contribution in [0.4, 0.5) is 0 Å². The fourth-order valence-electron chi connectivity index (χ4n) is 14.4. The second-order valence-electron chi connectivity index (χ2n) is 24.9. The summed E-state index contributed by atoms with van der Waals surface area (Å²) in [6.45, 7) is 13.0. The molecule has 5 aromatic carbocycles. The Morgan fingerprint density at radius 3 is 1.05 bits per heavy atom. The maximum Gasteiger partial charge on any atom is 0.0486 e. The Kier molecular flexibility index (Phi) is 18.2. The number of para-hydroxylation sites is 4. The average molecular weight is 1160 g/mol. The molecule has 0 radical (unpaired) electrons. The van der Waals surface area contributed by atoms with Gasteiger partial charge in [-0.3, -0.25) is 15.0 Å². The number of rotatable bonds is 12. The van der Waals surface area contributed by atoms with Crippen molar-refractivity contribution in [3.8, 4) is 0 Å². The summed E-state index contributed by atoms with van der Waals surface area (Å²) in [6, 6.07) is 60.8. The Labute approximate surface area is 520 Å². The first-order chi connectivity index (χ1) is 43.3. The zero-order valence-electron chi connectivity index (χ0n) is 52.1. The Hall–Kier alpha value is -8.45. The highest BCUT2D eigenvalue weighted by Gasteiger charge is 2.26. The van der Waals surface area contributed by atoms with Crippen LogP contribution in [0.25, 0.3) is 43.6 Å². The van der Waals surface area contributed by atoms with Crippen LogP contribution in [0.5, 0.6) is 0 Å². The smallest absolute Gasteiger partial charge is 0.0486 e. The van der Waals surface area contributed by atoms with Crippen LogP contribution in [0, 0.1) is 0 Å². The monoisotopic (exact) mass is 1160 g/mol. The highest BCUT2D eigenvalue weighted by Crippen LogP contribution is 2.35. The van der Waals surface area contributed by atoms with Crippen LogP contribution in [-0.2, 0) is 104 Å². The number of aryl methyl sites for hydroxylation is 8. The van der Waals surface area contributed by atoms with E-state index in [0.29, 0.717) is 0 Å². The maximum absolute atomic E-state index is 4.46. The summed E-state index contributed by atoms with van der Waals surface area (Å²) in [5.74, 6) is 0. The number of hydrogen-bond donors (Lipinski definition) is 0. The first-order valence-electron chi connectivity index (χ1n) is 32.1. The van der Waals surface area contributed by atoms with Gasteiger partial charge in [0.05, 0.1) is 0 Å². The van der Waals surface area contributed by atoms with Crippen LogP contribution < -0.4 is 0 Å². The summed E-state index contributed by atoms with van der Waals surface area (Å²) < 4.78 is 10.2. The molecule has 11 heteroatoms. The summed E-state index contributed by atoms with van der Waals surface area (Å²) in [6.07, 6.45) is 18.2. The Balaban J connectivity index is 0.000000108. The molecule has 0 atom stereocenters. The molecule has 11 heterocycles. The van der Waals surface area contributed by atoms with Gasteiger partial charge in [-0.15, -0.1) is 0 Å². The molecule has 0 unspecified atom stereocenters. The lowest BCUT2D eigenvalue weighted by Crippen LogP contribution is -2.27. The van der Waals surface area contributed by atoms with E-state index < -0.39 is 0 Å². The van der Waals surface area contributed by atoms with Gasteiger partial charge in [-0.25, -0.2) is 0 Å². The Morgan fingerprint density at radius 2 is 0.659 bits per heavy atom. The van der Waals surface area contributed by atoms with Crippen molar-refractivity contribution in [1.82, 2.24) is 52.8 Å². The van der Waals surface area contributed by atoms with E-state index in [1.54, 1.807) is 5.69 Å². The second-order valence-corrected chi connectivity index (χ2v) is 24.9. The lowest BCUT2D eigenvalue weighted by molar-refractivity contribution is 0.309. The number of hydrogen-bond acceptors (Lipinski definition) is 7. The van der Waals surface area contributed by atoms with Crippen LogP contribution in [0.1, 0.15) is 67.4 Å². The number of fused-ring (bicyclic) bond motifs is 12. The van der Waals surface area contributed by atoms with E-state index in [9.17, 15) is 0 Å². The predicted octanol–water partition coefficient (Wildman–Crippen LogP) is 13.7. The van der Waals surface area contributed by atoms with Gasteiger partial charge < -0.3 is 37.9 Å². The lowest BCUT2D eigenvalue weighted by Gasteiger charge is -2.24. The minimum absolute atomic E-state index is 0.988. The summed E-state index contributed by atoms with van der Waals surface area (Å²) >= 11 is 0. The van der Waals surface area contributed by atoms with Gasteiger partial charge in [0.25, 0.3) is 0 Å². The average Bonchev–Trinajstić information content (AvgIpc) is 2.18. The third-order valence-corrected chi connectivity index (χ3v) is 18.9. The number of nitrogens with zero attached hydrogens (tertiary/aromatic N) is 11. The van der Waals surface area contributed by atoms with Gasteiger partial charge in [-0.05, 0) is 141 Å². The molecule has 448 valence electrons. The SMILES string of the molecule is CN1CCc2c(c3ccccc3n2CCc2ccccc2)C1.CN1CCc2c(c3ccccc3n2CCc2ccccn2)C1.CN1CCc2c(c3ccccc3n2CCc2cccnc2)C1.CN1CCc2c(c3ccccc3n2CCc2ccncc2)C1. The molecule has 88 heavy (non-hydrogen) atoms. The lowest BCUT2D eigenvalue weighted by atomic mass is 10.1. The van der Waals surface area contributed by atoms with E-state index in [0.717, 1.165) is 130 Å². The molecular formula is C77H85N11. The molecule has 0 saturated carbocycles. The van der Waals surface area contributed by atoms with E-state index in [4.69, 9.17) is 0 Å². The molecule has 0 bridgehead atoms. The van der Waals surface area contributed by atoms with Crippen LogP contribution in [0.3, 0.4) is 0 Å². The first kappa shape index (κ1) is 58.6. The van der Waals surface area contributed by atoms with E-state index >= 15 is 0 Å². The highest BCUT2D eigenvalue weighted by atomic mass is 15.1. The molecule has 4 aliphatic heterocycles. The van der Waals surface area contributed by atoms with Gasteiger partial charge >= 0.3 is 0 Å².